The molecule has 0 aliphatic rings. The summed E-state index contributed by atoms with van der Waals surface area (Å²) in [5, 5.41) is 13.0. The second kappa shape index (κ2) is 14.6. The molecule has 0 aromatic heterocycles. The summed E-state index contributed by atoms with van der Waals surface area (Å²) in [6.45, 7) is 3.78. The Kier molecular flexibility index (Phi) is 11.9. The normalized spacial score (nSPS) is 14.8. The third kappa shape index (κ3) is 9.71. The molecule has 34 heavy (non-hydrogen) atoms. The molecule has 0 fully saturated rings. The highest BCUT2D eigenvalue weighted by Crippen LogP contribution is 2.17. The Morgan fingerprint density at radius 1 is 1.03 bits per heavy atom. The first-order chi connectivity index (χ1) is 16.4. The Hall–Kier alpha value is -2.61. The van der Waals surface area contributed by atoms with Gasteiger partial charge in [-0.3, -0.25) is 4.72 Å². The highest BCUT2D eigenvalue weighted by molar-refractivity contribution is 7.93. The lowest BCUT2D eigenvalue weighted by Gasteiger charge is -2.22. The quantitative estimate of drug-likeness (QED) is 0.251. The SMILES string of the molecule is C/C=C\C=C/C(C)S(=O)(=O)Nc1ccc(CCCC[C@@H](NC)[C@H](O)COc2ccccc2)cc1. The van der Waals surface area contributed by atoms with E-state index in [1.807, 2.05) is 62.5 Å². The van der Waals surface area contributed by atoms with Crippen molar-refractivity contribution in [3.8, 4) is 5.75 Å². The summed E-state index contributed by atoms with van der Waals surface area (Å²) in [4.78, 5) is 0. The number of hydrogen-bond donors (Lipinski definition) is 3. The van der Waals surface area contributed by atoms with Crippen LogP contribution in [-0.4, -0.2) is 44.6 Å². The molecular weight excluding hydrogens is 448 g/mol. The van der Waals surface area contributed by atoms with E-state index in [0.29, 0.717) is 5.69 Å². The van der Waals surface area contributed by atoms with Crippen LogP contribution in [0.4, 0.5) is 5.69 Å². The van der Waals surface area contributed by atoms with Crippen LogP contribution in [0.1, 0.15) is 38.7 Å². The van der Waals surface area contributed by atoms with Crippen molar-refractivity contribution in [1.82, 2.24) is 5.32 Å². The van der Waals surface area contributed by atoms with Gasteiger partial charge in [-0.15, -0.1) is 0 Å². The lowest BCUT2D eigenvalue weighted by atomic mass is 10.0. The van der Waals surface area contributed by atoms with Gasteiger partial charge < -0.3 is 15.2 Å². The maximum absolute atomic E-state index is 12.4. The summed E-state index contributed by atoms with van der Waals surface area (Å²) in [6.07, 6.45) is 10.1. The van der Waals surface area contributed by atoms with Crippen molar-refractivity contribution in [3.05, 3.63) is 84.5 Å². The largest absolute Gasteiger partial charge is 0.491 e. The minimum atomic E-state index is -3.48. The van der Waals surface area contributed by atoms with Crippen molar-refractivity contribution >= 4 is 15.7 Å². The average Bonchev–Trinajstić information content (AvgIpc) is 2.84. The summed E-state index contributed by atoms with van der Waals surface area (Å²) in [7, 11) is -1.63. The zero-order chi connectivity index (χ0) is 24.8. The number of benzene rings is 2. The number of aryl methyl sites for hydroxylation is 1. The van der Waals surface area contributed by atoms with Crippen molar-refractivity contribution in [1.29, 1.82) is 0 Å². The fourth-order valence-electron chi connectivity index (χ4n) is 3.47. The molecule has 186 valence electrons. The minimum Gasteiger partial charge on any atom is -0.491 e. The van der Waals surface area contributed by atoms with Crippen LogP contribution >= 0.6 is 0 Å². The number of hydrogen-bond acceptors (Lipinski definition) is 5. The van der Waals surface area contributed by atoms with Crippen molar-refractivity contribution in [2.45, 2.75) is 56.9 Å². The number of anilines is 1. The molecule has 2 rings (SSSR count). The Morgan fingerprint density at radius 2 is 1.74 bits per heavy atom. The maximum Gasteiger partial charge on any atom is 0.238 e. The number of unbranched alkanes of at least 4 members (excludes halogenated alkanes) is 1. The number of ether oxygens (including phenoxy) is 1. The van der Waals surface area contributed by atoms with Crippen LogP contribution in [0.5, 0.6) is 5.75 Å². The van der Waals surface area contributed by atoms with Gasteiger partial charge in [-0.25, -0.2) is 8.42 Å². The number of allylic oxidation sites excluding steroid dienone is 3. The predicted octanol–water partition coefficient (Wildman–Crippen LogP) is 4.69. The summed E-state index contributed by atoms with van der Waals surface area (Å²) in [5.41, 5.74) is 1.71. The van der Waals surface area contributed by atoms with Gasteiger partial charge in [-0.2, -0.15) is 0 Å². The first kappa shape index (κ1) is 27.6. The van der Waals surface area contributed by atoms with Crippen LogP contribution in [0.3, 0.4) is 0 Å². The molecule has 0 saturated carbocycles. The molecule has 0 amide bonds. The lowest BCUT2D eigenvalue weighted by Crippen LogP contribution is -2.41. The van der Waals surface area contributed by atoms with E-state index in [4.69, 9.17) is 4.74 Å². The fourth-order valence-corrected chi connectivity index (χ4v) is 4.42. The standard InChI is InChI=1S/C27H38N2O4S/c1-4-5-7-12-22(2)34(31,32)29-24-19-17-23(18-20-24)13-10-11-16-26(28-3)27(30)21-33-25-14-8-6-9-15-25/h4-9,12,14-15,17-20,22,26-30H,10-11,13,16,21H2,1-3H3/b5-4-,12-7-/t22?,26-,27-/m1/s1. The van der Waals surface area contributed by atoms with E-state index < -0.39 is 21.4 Å². The van der Waals surface area contributed by atoms with Gasteiger partial charge in [0.1, 0.15) is 18.5 Å². The molecule has 0 heterocycles. The number of nitrogens with one attached hydrogen (secondary N) is 2. The van der Waals surface area contributed by atoms with Gasteiger partial charge in [0.15, 0.2) is 0 Å². The zero-order valence-electron chi connectivity index (χ0n) is 20.4. The van der Waals surface area contributed by atoms with E-state index in [-0.39, 0.29) is 12.6 Å². The van der Waals surface area contributed by atoms with E-state index in [9.17, 15) is 13.5 Å². The molecule has 2 aromatic rings. The van der Waals surface area contributed by atoms with E-state index in [1.165, 1.54) is 0 Å². The first-order valence-corrected chi connectivity index (χ1v) is 13.3. The topological polar surface area (TPSA) is 87.7 Å². The second-order valence-electron chi connectivity index (χ2n) is 8.29. The van der Waals surface area contributed by atoms with Crippen LogP contribution in [-0.2, 0) is 16.4 Å². The molecule has 3 atom stereocenters. The molecule has 0 bridgehead atoms. The van der Waals surface area contributed by atoms with E-state index in [2.05, 4.69) is 10.0 Å². The third-order valence-electron chi connectivity index (χ3n) is 5.62. The van der Waals surface area contributed by atoms with Crippen LogP contribution in [0.2, 0.25) is 0 Å². The first-order valence-electron chi connectivity index (χ1n) is 11.8. The zero-order valence-corrected chi connectivity index (χ0v) is 21.2. The number of sulfonamides is 1. The smallest absolute Gasteiger partial charge is 0.238 e. The Labute approximate surface area is 204 Å². The number of para-hydroxylation sites is 1. The van der Waals surface area contributed by atoms with Crippen molar-refractivity contribution < 1.29 is 18.3 Å². The van der Waals surface area contributed by atoms with Crippen LogP contribution in [0.25, 0.3) is 0 Å². The average molecular weight is 487 g/mol. The van der Waals surface area contributed by atoms with Gasteiger partial charge in [0.25, 0.3) is 0 Å². The van der Waals surface area contributed by atoms with Gasteiger partial charge in [0.05, 0.1) is 5.25 Å². The Balaban J connectivity index is 1.75. The molecule has 2 aromatic carbocycles. The Bertz CT molecular complexity index is 989. The minimum absolute atomic E-state index is 0.0376. The van der Waals surface area contributed by atoms with E-state index in [1.54, 1.807) is 37.3 Å². The van der Waals surface area contributed by atoms with Crippen molar-refractivity contribution in [2.24, 2.45) is 0 Å². The molecule has 0 radical (unpaired) electrons. The van der Waals surface area contributed by atoms with Crippen molar-refractivity contribution in [3.63, 3.8) is 0 Å². The van der Waals surface area contributed by atoms with Gasteiger partial charge in [0, 0.05) is 11.7 Å². The van der Waals surface area contributed by atoms with E-state index in [0.717, 1.165) is 37.0 Å². The van der Waals surface area contributed by atoms with Gasteiger partial charge in [-0.1, -0.05) is 61.1 Å². The summed E-state index contributed by atoms with van der Waals surface area (Å²) in [5.74, 6) is 0.752. The number of aliphatic hydroxyl groups excluding tert-OH is 1. The highest BCUT2D eigenvalue weighted by atomic mass is 32.2. The summed E-state index contributed by atoms with van der Waals surface area (Å²) < 4.78 is 33.2. The molecule has 7 heteroatoms. The number of likely N-dealkylation sites (N-methyl/N-ethyl adjacent to an activating group) is 1. The van der Waals surface area contributed by atoms with Crippen LogP contribution in [0, 0.1) is 0 Å². The molecule has 0 aliphatic heterocycles. The van der Waals surface area contributed by atoms with Crippen LogP contribution in [0.15, 0.2) is 78.9 Å². The predicted molar refractivity (Wildman–Crippen MR) is 141 cm³/mol. The van der Waals surface area contributed by atoms with Crippen molar-refractivity contribution in [2.75, 3.05) is 18.4 Å². The van der Waals surface area contributed by atoms with Gasteiger partial charge in [-0.05, 0) is 70.0 Å². The highest BCUT2D eigenvalue weighted by Gasteiger charge is 2.18. The summed E-state index contributed by atoms with van der Waals surface area (Å²) in [6, 6.07) is 17.0. The number of aliphatic hydroxyl groups is 1. The monoisotopic (exact) mass is 486 g/mol. The summed E-state index contributed by atoms with van der Waals surface area (Å²) >= 11 is 0. The molecular formula is C27H38N2O4S. The second-order valence-corrected chi connectivity index (χ2v) is 10.3. The molecule has 0 spiro atoms. The molecule has 0 aliphatic carbocycles. The van der Waals surface area contributed by atoms with Gasteiger partial charge in [0.2, 0.25) is 10.0 Å². The molecule has 3 N–H and O–H groups in total. The van der Waals surface area contributed by atoms with E-state index >= 15 is 0 Å². The maximum atomic E-state index is 12.4. The molecule has 6 nitrogen and oxygen atoms in total. The molecule has 1 unspecified atom stereocenters. The Morgan fingerprint density at radius 3 is 2.38 bits per heavy atom. The molecule has 0 saturated heterocycles. The van der Waals surface area contributed by atoms with Gasteiger partial charge >= 0.3 is 0 Å². The van der Waals surface area contributed by atoms with Crippen LogP contribution < -0.4 is 14.8 Å². The third-order valence-corrected chi connectivity index (χ3v) is 7.28. The fraction of sp³-hybridized carbons (Fsp3) is 0.407. The number of rotatable bonds is 15. The lowest BCUT2D eigenvalue weighted by molar-refractivity contribution is 0.0719.